The fourth-order valence-electron chi connectivity index (χ4n) is 4.01. The van der Waals surface area contributed by atoms with Crippen LogP contribution in [0.4, 0.5) is 4.79 Å². The minimum atomic E-state index is 0.000161. The Labute approximate surface area is 162 Å². The van der Waals surface area contributed by atoms with Crippen LogP contribution in [0.2, 0.25) is 0 Å². The standard InChI is InChI=1S/C21H33N3O3/c1-4-12-27-20-17(9-7-10-19(20)26-3)13-22-21(25)23-14-18(15-23)24-11-6-5-8-16(24)2/h7,9-10,16,18H,4-6,8,11-15H2,1-3H3,(H,22,25)/t16-/m1/s1. The van der Waals surface area contributed by atoms with Crippen LogP contribution in [0, 0.1) is 0 Å². The summed E-state index contributed by atoms with van der Waals surface area (Å²) in [6.07, 6.45) is 4.81. The molecule has 2 saturated heterocycles. The van der Waals surface area contributed by atoms with Crippen molar-refractivity contribution in [2.24, 2.45) is 0 Å². The summed E-state index contributed by atoms with van der Waals surface area (Å²) in [5.74, 6) is 1.43. The number of rotatable bonds is 7. The van der Waals surface area contributed by atoms with Gasteiger partial charge in [0.1, 0.15) is 0 Å². The van der Waals surface area contributed by atoms with E-state index in [0.717, 1.165) is 30.8 Å². The lowest BCUT2D eigenvalue weighted by atomic mass is 9.98. The molecule has 2 amide bonds. The quantitative estimate of drug-likeness (QED) is 0.795. The van der Waals surface area contributed by atoms with Crippen LogP contribution >= 0.6 is 0 Å². The number of carbonyl (C=O) groups is 1. The molecule has 0 unspecified atom stereocenters. The third-order valence-electron chi connectivity index (χ3n) is 5.63. The van der Waals surface area contributed by atoms with Gasteiger partial charge in [-0.3, -0.25) is 4.90 Å². The number of ether oxygens (including phenoxy) is 2. The van der Waals surface area contributed by atoms with Crippen molar-refractivity contribution in [1.29, 1.82) is 0 Å². The zero-order valence-corrected chi connectivity index (χ0v) is 16.9. The fourth-order valence-corrected chi connectivity index (χ4v) is 4.01. The number of piperidine rings is 1. The number of nitrogens with one attached hydrogen (secondary N) is 1. The average Bonchev–Trinajstić information content (AvgIpc) is 2.65. The van der Waals surface area contributed by atoms with E-state index < -0.39 is 0 Å². The molecule has 0 saturated carbocycles. The molecule has 2 heterocycles. The Morgan fingerprint density at radius 3 is 2.81 bits per heavy atom. The lowest BCUT2D eigenvalue weighted by Gasteiger charge is -2.49. The molecule has 0 aromatic heterocycles. The summed E-state index contributed by atoms with van der Waals surface area (Å²) in [5, 5.41) is 3.04. The summed E-state index contributed by atoms with van der Waals surface area (Å²) in [6.45, 7) is 8.27. The summed E-state index contributed by atoms with van der Waals surface area (Å²) in [7, 11) is 1.64. The van der Waals surface area contributed by atoms with E-state index in [2.05, 4.69) is 24.1 Å². The molecule has 6 heteroatoms. The van der Waals surface area contributed by atoms with Gasteiger partial charge in [0.05, 0.1) is 13.7 Å². The predicted octanol–water partition coefficient (Wildman–Crippen LogP) is 3.25. The Bertz CT molecular complexity index is 631. The third kappa shape index (κ3) is 4.67. The van der Waals surface area contributed by atoms with Gasteiger partial charge >= 0.3 is 6.03 Å². The zero-order valence-electron chi connectivity index (χ0n) is 16.9. The SMILES string of the molecule is CCCOc1c(CNC(=O)N2CC(N3CCCC[C@H]3C)C2)cccc1OC. The maximum absolute atomic E-state index is 12.5. The van der Waals surface area contributed by atoms with Crippen molar-refractivity contribution in [2.75, 3.05) is 33.4 Å². The van der Waals surface area contributed by atoms with Crippen LogP contribution in [-0.2, 0) is 6.54 Å². The van der Waals surface area contributed by atoms with Crippen LogP contribution < -0.4 is 14.8 Å². The second kappa shape index (κ2) is 9.31. The number of methoxy groups -OCH3 is 1. The van der Waals surface area contributed by atoms with E-state index in [4.69, 9.17) is 9.47 Å². The minimum Gasteiger partial charge on any atom is -0.493 e. The number of amides is 2. The van der Waals surface area contributed by atoms with Crippen molar-refractivity contribution >= 4 is 6.03 Å². The van der Waals surface area contributed by atoms with Gasteiger partial charge in [0, 0.05) is 37.3 Å². The number of nitrogens with zero attached hydrogens (tertiary/aromatic N) is 2. The van der Waals surface area contributed by atoms with Gasteiger partial charge in [-0.15, -0.1) is 0 Å². The molecule has 1 aromatic rings. The number of urea groups is 1. The highest BCUT2D eigenvalue weighted by Gasteiger charge is 2.37. The number of likely N-dealkylation sites (tertiary alicyclic amines) is 2. The zero-order chi connectivity index (χ0) is 19.2. The van der Waals surface area contributed by atoms with E-state index in [1.807, 2.05) is 23.1 Å². The summed E-state index contributed by atoms with van der Waals surface area (Å²) < 4.78 is 11.3. The Morgan fingerprint density at radius 1 is 1.30 bits per heavy atom. The molecule has 0 radical (unpaired) electrons. The molecule has 1 aromatic carbocycles. The molecule has 2 aliphatic heterocycles. The van der Waals surface area contributed by atoms with Crippen molar-refractivity contribution < 1.29 is 14.3 Å². The Morgan fingerprint density at radius 2 is 2.11 bits per heavy atom. The highest BCUT2D eigenvalue weighted by molar-refractivity contribution is 5.75. The van der Waals surface area contributed by atoms with E-state index >= 15 is 0 Å². The largest absolute Gasteiger partial charge is 0.493 e. The van der Waals surface area contributed by atoms with E-state index in [0.29, 0.717) is 31.0 Å². The number of hydrogen-bond acceptors (Lipinski definition) is 4. The highest BCUT2D eigenvalue weighted by Crippen LogP contribution is 2.31. The van der Waals surface area contributed by atoms with Gasteiger partial charge in [-0.2, -0.15) is 0 Å². The smallest absolute Gasteiger partial charge is 0.317 e. The van der Waals surface area contributed by atoms with Crippen molar-refractivity contribution in [2.45, 2.75) is 58.2 Å². The van der Waals surface area contributed by atoms with Crippen molar-refractivity contribution in [3.8, 4) is 11.5 Å². The van der Waals surface area contributed by atoms with Crippen LogP contribution in [0.1, 0.15) is 45.1 Å². The Kier molecular flexibility index (Phi) is 6.83. The number of benzene rings is 1. The normalized spacial score (nSPS) is 20.9. The van der Waals surface area contributed by atoms with Gasteiger partial charge in [0.25, 0.3) is 0 Å². The second-order valence-corrected chi connectivity index (χ2v) is 7.60. The molecule has 0 aliphatic carbocycles. The van der Waals surface area contributed by atoms with E-state index in [1.54, 1.807) is 7.11 Å². The van der Waals surface area contributed by atoms with Gasteiger partial charge in [-0.1, -0.05) is 25.5 Å². The van der Waals surface area contributed by atoms with E-state index in [9.17, 15) is 4.79 Å². The summed E-state index contributed by atoms with van der Waals surface area (Å²) in [4.78, 5) is 17.0. The molecule has 0 bridgehead atoms. The lowest BCUT2D eigenvalue weighted by molar-refractivity contribution is 0.0169. The fraction of sp³-hybridized carbons (Fsp3) is 0.667. The molecule has 1 atom stereocenters. The first kappa shape index (κ1) is 19.8. The first-order valence-electron chi connectivity index (χ1n) is 10.2. The van der Waals surface area contributed by atoms with Crippen molar-refractivity contribution in [3.63, 3.8) is 0 Å². The van der Waals surface area contributed by atoms with Gasteiger partial charge in [-0.25, -0.2) is 4.79 Å². The predicted molar refractivity (Wildman–Crippen MR) is 106 cm³/mol. The molecule has 2 aliphatic rings. The topological polar surface area (TPSA) is 54.0 Å². The number of para-hydroxylation sites is 1. The van der Waals surface area contributed by atoms with E-state index in [1.165, 1.54) is 25.8 Å². The molecule has 150 valence electrons. The van der Waals surface area contributed by atoms with Gasteiger partial charge in [-0.05, 0) is 38.8 Å². The minimum absolute atomic E-state index is 0.000161. The second-order valence-electron chi connectivity index (χ2n) is 7.60. The number of hydrogen-bond donors (Lipinski definition) is 1. The Balaban J connectivity index is 1.51. The Hall–Kier alpha value is -1.95. The molecule has 27 heavy (non-hydrogen) atoms. The maximum atomic E-state index is 12.5. The molecule has 3 rings (SSSR count). The molecule has 0 spiro atoms. The summed E-state index contributed by atoms with van der Waals surface area (Å²) >= 11 is 0. The number of carbonyl (C=O) groups excluding carboxylic acids is 1. The lowest BCUT2D eigenvalue weighted by Crippen LogP contribution is -2.64. The first-order chi connectivity index (χ1) is 13.1. The first-order valence-corrected chi connectivity index (χ1v) is 10.2. The van der Waals surface area contributed by atoms with Gasteiger partial charge in [0.2, 0.25) is 0 Å². The summed E-state index contributed by atoms with van der Waals surface area (Å²) in [5.41, 5.74) is 0.942. The van der Waals surface area contributed by atoms with Crippen molar-refractivity contribution in [3.05, 3.63) is 23.8 Å². The molecular weight excluding hydrogens is 342 g/mol. The van der Waals surface area contributed by atoms with Gasteiger partial charge in [0.15, 0.2) is 11.5 Å². The molecule has 1 N–H and O–H groups in total. The van der Waals surface area contributed by atoms with Crippen LogP contribution in [0.25, 0.3) is 0 Å². The molecule has 6 nitrogen and oxygen atoms in total. The third-order valence-corrected chi connectivity index (χ3v) is 5.63. The maximum Gasteiger partial charge on any atom is 0.317 e. The van der Waals surface area contributed by atoms with Crippen LogP contribution in [0.5, 0.6) is 11.5 Å². The van der Waals surface area contributed by atoms with E-state index in [-0.39, 0.29) is 6.03 Å². The highest BCUT2D eigenvalue weighted by atomic mass is 16.5. The summed E-state index contributed by atoms with van der Waals surface area (Å²) in [6, 6.07) is 6.95. The van der Waals surface area contributed by atoms with Crippen LogP contribution in [0.15, 0.2) is 18.2 Å². The molecular formula is C21H33N3O3. The van der Waals surface area contributed by atoms with Crippen LogP contribution in [-0.4, -0.2) is 61.3 Å². The average molecular weight is 376 g/mol. The van der Waals surface area contributed by atoms with Gasteiger partial charge < -0.3 is 19.7 Å². The van der Waals surface area contributed by atoms with Crippen molar-refractivity contribution in [1.82, 2.24) is 15.1 Å². The molecule has 2 fully saturated rings. The monoisotopic (exact) mass is 375 g/mol. The van der Waals surface area contributed by atoms with Crippen LogP contribution in [0.3, 0.4) is 0 Å².